The summed E-state index contributed by atoms with van der Waals surface area (Å²) in [7, 11) is 0. The van der Waals surface area contributed by atoms with Crippen LogP contribution in [0.5, 0.6) is 0 Å². The van der Waals surface area contributed by atoms with Gasteiger partial charge in [0, 0.05) is 45.0 Å². The van der Waals surface area contributed by atoms with E-state index in [-0.39, 0.29) is 12.1 Å². The number of halogens is 3. The van der Waals surface area contributed by atoms with Crippen LogP contribution in [0.15, 0.2) is 24.3 Å². The van der Waals surface area contributed by atoms with Crippen LogP contribution in [-0.2, 0) is 10.9 Å². The lowest BCUT2D eigenvalue weighted by Gasteiger charge is -2.36. The van der Waals surface area contributed by atoms with Gasteiger partial charge in [-0.3, -0.25) is 0 Å². The maximum Gasteiger partial charge on any atom is 0.416 e. The van der Waals surface area contributed by atoms with Crippen LogP contribution in [0.25, 0.3) is 0 Å². The van der Waals surface area contributed by atoms with Crippen molar-refractivity contribution in [3.05, 3.63) is 29.8 Å². The molecule has 2 fully saturated rings. The van der Waals surface area contributed by atoms with Gasteiger partial charge >= 0.3 is 12.2 Å². The van der Waals surface area contributed by atoms with E-state index in [0.29, 0.717) is 32.7 Å². The summed E-state index contributed by atoms with van der Waals surface area (Å²) in [4.78, 5) is 15.9. The molecule has 1 aromatic carbocycles. The smallest absolute Gasteiger partial charge is 0.376 e. The van der Waals surface area contributed by atoms with Crippen LogP contribution >= 0.6 is 0 Å². The number of hydrogen-bond acceptors (Lipinski definition) is 3. The summed E-state index contributed by atoms with van der Waals surface area (Å²) in [6.07, 6.45) is -2.20. The Bertz CT molecular complexity index is 578. The summed E-state index contributed by atoms with van der Waals surface area (Å²) in [5.74, 6) is 0. The monoisotopic (exact) mass is 357 g/mol. The normalized spacial score (nSPS) is 21.5. The number of rotatable bonds is 3. The zero-order chi connectivity index (χ0) is 17.9. The molecule has 0 aromatic heterocycles. The number of alkyl halides is 3. The number of urea groups is 1. The van der Waals surface area contributed by atoms with Crippen LogP contribution < -0.4 is 10.2 Å². The van der Waals surface area contributed by atoms with Crippen molar-refractivity contribution in [3.8, 4) is 0 Å². The predicted octanol–water partition coefficient (Wildman–Crippen LogP) is 2.72. The topological polar surface area (TPSA) is 44.8 Å². The van der Waals surface area contributed by atoms with Crippen LogP contribution in [-0.4, -0.2) is 56.4 Å². The molecule has 8 heteroatoms. The number of nitrogens with one attached hydrogen (secondary N) is 1. The Kier molecular flexibility index (Phi) is 5.36. The average molecular weight is 357 g/mol. The molecule has 2 saturated heterocycles. The Morgan fingerprint density at radius 3 is 2.40 bits per heavy atom. The van der Waals surface area contributed by atoms with Crippen molar-refractivity contribution < 1.29 is 22.7 Å². The summed E-state index contributed by atoms with van der Waals surface area (Å²) >= 11 is 0. The molecule has 5 nitrogen and oxygen atoms in total. The van der Waals surface area contributed by atoms with E-state index in [1.54, 1.807) is 4.90 Å². The fourth-order valence-corrected chi connectivity index (χ4v) is 3.15. The molecule has 1 N–H and O–H groups in total. The Morgan fingerprint density at radius 1 is 1.16 bits per heavy atom. The van der Waals surface area contributed by atoms with Gasteiger partial charge < -0.3 is 19.9 Å². The first-order chi connectivity index (χ1) is 11.9. The Balaban J connectivity index is 1.47. The molecule has 0 aliphatic carbocycles. The van der Waals surface area contributed by atoms with Crippen molar-refractivity contribution in [2.45, 2.75) is 25.1 Å². The number of nitrogens with zero attached hydrogens (tertiary/aromatic N) is 2. The zero-order valence-electron chi connectivity index (χ0n) is 13.9. The Morgan fingerprint density at radius 2 is 1.84 bits per heavy atom. The number of carbonyl (C=O) groups is 1. The fourth-order valence-electron chi connectivity index (χ4n) is 3.15. The summed E-state index contributed by atoms with van der Waals surface area (Å²) in [5.41, 5.74) is 0.0933. The molecule has 25 heavy (non-hydrogen) atoms. The Hall–Kier alpha value is -1.96. The largest absolute Gasteiger partial charge is 0.416 e. The quantitative estimate of drug-likeness (QED) is 0.905. The SMILES string of the molecule is O=C(NCC1CCCO1)N1CCN(c2ccc(C(F)(F)F)cc2)CC1. The van der Waals surface area contributed by atoms with E-state index >= 15 is 0 Å². The standard InChI is InChI=1S/C17H22F3N3O2/c18-17(19,20)13-3-5-14(6-4-13)22-7-9-23(10-8-22)16(24)21-12-15-2-1-11-25-15/h3-6,15H,1-2,7-12H2,(H,21,24). The van der Waals surface area contributed by atoms with Crippen LogP contribution in [0.1, 0.15) is 18.4 Å². The van der Waals surface area contributed by atoms with Crippen molar-refractivity contribution in [2.24, 2.45) is 0 Å². The second-order valence-electron chi connectivity index (χ2n) is 6.34. The summed E-state index contributed by atoms with van der Waals surface area (Å²) < 4.78 is 43.3. The predicted molar refractivity (Wildman–Crippen MR) is 87.6 cm³/mol. The van der Waals surface area contributed by atoms with Crippen molar-refractivity contribution in [1.82, 2.24) is 10.2 Å². The van der Waals surface area contributed by atoms with E-state index in [4.69, 9.17) is 4.74 Å². The zero-order valence-corrected chi connectivity index (χ0v) is 13.9. The van der Waals surface area contributed by atoms with E-state index in [2.05, 4.69) is 5.32 Å². The molecule has 2 heterocycles. The third kappa shape index (κ3) is 4.56. The maximum absolute atomic E-state index is 12.6. The summed E-state index contributed by atoms with van der Waals surface area (Å²) in [5, 5.41) is 2.89. The molecule has 1 aromatic rings. The molecule has 1 unspecified atom stereocenters. The number of ether oxygens (including phenoxy) is 1. The van der Waals surface area contributed by atoms with Gasteiger partial charge in [0.05, 0.1) is 11.7 Å². The summed E-state index contributed by atoms with van der Waals surface area (Å²) in [6, 6.07) is 5.04. The number of carbonyl (C=O) groups excluding carboxylic acids is 1. The molecule has 2 aliphatic rings. The molecule has 0 spiro atoms. The van der Waals surface area contributed by atoms with E-state index < -0.39 is 11.7 Å². The number of piperazine rings is 1. The van der Waals surface area contributed by atoms with Crippen LogP contribution in [0.4, 0.5) is 23.7 Å². The van der Waals surface area contributed by atoms with Gasteiger partial charge in [-0.25, -0.2) is 4.79 Å². The lowest BCUT2D eigenvalue weighted by molar-refractivity contribution is -0.137. The highest BCUT2D eigenvalue weighted by molar-refractivity contribution is 5.74. The molecule has 0 radical (unpaired) electrons. The number of anilines is 1. The first kappa shape index (κ1) is 17.8. The maximum atomic E-state index is 12.6. The highest BCUT2D eigenvalue weighted by Gasteiger charge is 2.30. The number of hydrogen-bond donors (Lipinski definition) is 1. The van der Waals surface area contributed by atoms with Crippen LogP contribution in [0, 0.1) is 0 Å². The highest BCUT2D eigenvalue weighted by atomic mass is 19.4. The molecule has 0 bridgehead atoms. The molecule has 3 rings (SSSR count). The lowest BCUT2D eigenvalue weighted by atomic mass is 10.1. The third-order valence-corrected chi connectivity index (χ3v) is 4.63. The van der Waals surface area contributed by atoms with Gasteiger partial charge in [0.1, 0.15) is 0 Å². The van der Waals surface area contributed by atoms with Crippen molar-refractivity contribution in [3.63, 3.8) is 0 Å². The van der Waals surface area contributed by atoms with Gasteiger partial charge in [0.25, 0.3) is 0 Å². The van der Waals surface area contributed by atoms with Crippen molar-refractivity contribution >= 4 is 11.7 Å². The molecule has 0 saturated carbocycles. The summed E-state index contributed by atoms with van der Waals surface area (Å²) in [6.45, 7) is 3.55. The molecule has 2 amide bonds. The first-order valence-electron chi connectivity index (χ1n) is 8.50. The van der Waals surface area contributed by atoms with E-state index in [1.165, 1.54) is 12.1 Å². The van der Waals surface area contributed by atoms with Gasteiger partial charge in [-0.2, -0.15) is 13.2 Å². The van der Waals surface area contributed by atoms with Gasteiger partial charge in [0.2, 0.25) is 0 Å². The van der Waals surface area contributed by atoms with E-state index in [9.17, 15) is 18.0 Å². The van der Waals surface area contributed by atoms with Crippen LogP contribution in [0.3, 0.4) is 0 Å². The van der Waals surface area contributed by atoms with Gasteiger partial charge in [0.15, 0.2) is 0 Å². The minimum Gasteiger partial charge on any atom is -0.376 e. The molecule has 138 valence electrons. The minimum atomic E-state index is -4.32. The highest BCUT2D eigenvalue weighted by Crippen LogP contribution is 2.30. The van der Waals surface area contributed by atoms with Gasteiger partial charge in [-0.1, -0.05) is 0 Å². The van der Waals surface area contributed by atoms with E-state index in [0.717, 1.165) is 37.3 Å². The fraction of sp³-hybridized carbons (Fsp3) is 0.588. The molecular formula is C17H22F3N3O2. The molecule has 1 atom stereocenters. The van der Waals surface area contributed by atoms with Gasteiger partial charge in [-0.15, -0.1) is 0 Å². The molecule has 2 aliphatic heterocycles. The molecular weight excluding hydrogens is 335 g/mol. The number of benzene rings is 1. The van der Waals surface area contributed by atoms with Crippen LogP contribution in [0.2, 0.25) is 0 Å². The average Bonchev–Trinajstić information content (AvgIpc) is 3.13. The van der Waals surface area contributed by atoms with Crippen molar-refractivity contribution in [2.75, 3.05) is 44.2 Å². The Labute approximate surface area is 144 Å². The second kappa shape index (κ2) is 7.51. The van der Waals surface area contributed by atoms with E-state index in [1.807, 2.05) is 4.90 Å². The minimum absolute atomic E-state index is 0.109. The van der Waals surface area contributed by atoms with Gasteiger partial charge in [-0.05, 0) is 37.1 Å². The van der Waals surface area contributed by atoms with Crippen molar-refractivity contribution in [1.29, 1.82) is 0 Å². The number of amides is 2. The first-order valence-corrected chi connectivity index (χ1v) is 8.50. The third-order valence-electron chi connectivity index (χ3n) is 4.63. The second-order valence-corrected chi connectivity index (χ2v) is 6.34. The lowest BCUT2D eigenvalue weighted by Crippen LogP contribution is -2.52.